The van der Waals surface area contributed by atoms with Gasteiger partial charge in [-0.05, 0) is 42.4 Å². The average molecular weight is 406 g/mol. The Labute approximate surface area is 174 Å². The molecule has 0 aliphatic carbocycles. The lowest BCUT2D eigenvalue weighted by atomic mass is 9.94. The number of nitrogens with zero attached hydrogens (tertiary/aromatic N) is 1. The molecule has 1 heterocycles. The van der Waals surface area contributed by atoms with Gasteiger partial charge in [-0.15, -0.1) is 0 Å². The third kappa shape index (κ3) is 8.73. The topological polar surface area (TPSA) is 79.9 Å². The van der Waals surface area contributed by atoms with Crippen LogP contribution in [0.2, 0.25) is 0 Å². The first kappa shape index (κ1) is 23.0. The number of rotatable bonds is 10. The summed E-state index contributed by atoms with van der Waals surface area (Å²) in [6, 6.07) is 7.67. The maximum Gasteiger partial charge on any atom is 0.317 e. The third-order valence-electron chi connectivity index (χ3n) is 4.91. The molecule has 7 heteroatoms. The first-order valence-electron chi connectivity index (χ1n) is 10.5. The summed E-state index contributed by atoms with van der Waals surface area (Å²) in [5.41, 5.74) is 1.02. The third-order valence-corrected chi connectivity index (χ3v) is 4.91. The molecule has 0 aromatic heterocycles. The number of amides is 3. The lowest BCUT2D eigenvalue weighted by molar-refractivity contribution is -0.122. The molecule has 0 spiro atoms. The number of ether oxygens (including phenoxy) is 2. The van der Waals surface area contributed by atoms with Gasteiger partial charge in [-0.1, -0.05) is 26.0 Å². The van der Waals surface area contributed by atoms with Gasteiger partial charge in [0, 0.05) is 39.7 Å². The Bertz CT molecular complexity index is 633. The van der Waals surface area contributed by atoms with E-state index in [0.717, 1.165) is 30.7 Å². The number of benzene rings is 1. The van der Waals surface area contributed by atoms with Crippen molar-refractivity contribution in [2.24, 2.45) is 11.8 Å². The Morgan fingerprint density at radius 1 is 1.17 bits per heavy atom. The van der Waals surface area contributed by atoms with Crippen LogP contribution in [0.15, 0.2) is 24.3 Å². The predicted octanol–water partition coefficient (Wildman–Crippen LogP) is 2.80. The quantitative estimate of drug-likeness (QED) is 0.587. The molecule has 2 rings (SSSR count). The van der Waals surface area contributed by atoms with Crippen molar-refractivity contribution in [1.82, 2.24) is 15.5 Å². The minimum atomic E-state index is -0.0170. The first-order chi connectivity index (χ1) is 14.0. The normalized spacial score (nSPS) is 16.6. The van der Waals surface area contributed by atoms with Crippen LogP contribution in [0.3, 0.4) is 0 Å². The van der Waals surface area contributed by atoms with E-state index in [2.05, 4.69) is 24.5 Å². The fourth-order valence-electron chi connectivity index (χ4n) is 3.30. The van der Waals surface area contributed by atoms with Crippen molar-refractivity contribution in [1.29, 1.82) is 0 Å². The molecule has 1 aromatic rings. The fraction of sp³-hybridized carbons (Fsp3) is 0.636. The standard InChI is InChI=1S/C22H35N3O4/c1-17(2)14-24-22(27)25-10-4-5-19(16-25)13-21(26)23-15-18-6-8-20(9-7-18)29-12-11-28-3/h6-9,17,19H,4-5,10-16H2,1-3H3,(H,23,26)(H,24,27). The molecule has 0 saturated carbocycles. The Morgan fingerprint density at radius 2 is 1.93 bits per heavy atom. The number of carbonyl (C=O) groups is 2. The van der Waals surface area contributed by atoms with E-state index in [9.17, 15) is 9.59 Å². The van der Waals surface area contributed by atoms with Crippen molar-refractivity contribution in [2.45, 2.75) is 39.7 Å². The van der Waals surface area contributed by atoms with Crippen LogP contribution in [0, 0.1) is 11.8 Å². The first-order valence-corrected chi connectivity index (χ1v) is 10.5. The summed E-state index contributed by atoms with van der Waals surface area (Å²) < 4.78 is 10.5. The van der Waals surface area contributed by atoms with Crippen LogP contribution >= 0.6 is 0 Å². The molecule has 29 heavy (non-hydrogen) atoms. The summed E-state index contributed by atoms with van der Waals surface area (Å²) in [4.78, 5) is 26.4. The van der Waals surface area contributed by atoms with Gasteiger partial charge in [0.1, 0.15) is 12.4 Å². The highest BCUT2D eigenvalue weighted by molar-refractivity contribution is 5.77. The highest BCUT2D eigenvalue weighted by atomic mass is 16.5. The molecule has 1 aromatic carbocycles. The van der Waals surface area contributed by atoms with Crippen LogP contribution in [0.25, 0.3) is 0 Å². The second-order valence-electron chi connectivity index (χ2n) is 8.00. The van der Waals surface area contributed by atoms with Gasteiger partial charge in [0.15, 0.2) is 0 Å². The maximum absolute atomic E-state index is 12.3. The summed E-state index contributed by atoms with van der Waals surface area (Å²) in [5.74, 6) is 1.46. The van der Waals surface area contributed by atoms with Crippen LogP contribution in [-0.2, 0) is 16.1 Å². The van der Waals surface area contributed by atoms with Crippen molar-refractivity contribution < 1.29 is 19.1 Å². The van der Waals surface area contributed by atoms with Crippen molar-refractivity contribution in [3.8, 4) is 5.75 Å². The molecule has 1 saturated heterocycles. The number of piperidine rings is 1. The maximum atomic E-state index is 12.3. The van der Waals surface area contributed by atoms with Crippen molar-refractivity contribution in [3.63, 3.8) is 0 Å². The molecule has 3 amide bonds. The molecule has 1 aliphatic rings. The molecule has 0 radical (unpaired) electrons. The summed E-state index contributed by atoms with van der Waals surface area (Å²) in [6.45, 7) is 7.79. The fourth-order valence-corrected chi connectivity index (χ4v) is 3.30. The zero-order valence-electron chi connectivity index (χ0n) is 17.9. The van der Waals surface area contributed by atoms with Gasteiger partial charge in [0.05, 0.1) is 6.61 Å². The number of hydrogen-bond donors (Lipinski definition) is 2. The van der Waals surface area contributed by atoms with Gasteiger partial charge >= 0.3 is 6.03 Å². The molecule has 1 aliphatic heterocycles. The Hall–Kier alpha value is -2.28. The van der Waals surface area contributed by atoms with E-state index in [1.54, 1.807) is 7.11 Å². The van der Waals surface area contributed by atoms with E-state index < -0.39 is 0 Å². The Balaban J connectivity index is 1.71. The van der Waals surface area contributed by atoms with Crippen LogP contribution in [0.1, 0.15) is 38.7 Å². The highest BCUT2D eigenvalue weighted by Gasteiger charge is 2.25. The number of carbonyl (C=O) groups excluding carboxylic acids is 2. The molecular weight excluding hydrogens is 370 g/mol. The molecular formula is C22H35N3O4. The van der Waals surface area contributed by atoms with Gasteiger partial charge in [0.25, 0.3) is 0 Å². The average Bonchev–Trinajstić information content (AvgIpc) is 2.72. The van der Waals surface area contributed by atoms with Crippen LogP contribution < -0.4 is 15.4 Å². The second kappa shape index (κ2) is 12.3. The second-order valence-corrected chi connectivity index (χ2v) is 8.00. The Morgan fingerprint density at radius 3 is 2.62 bits per heavy atom. The molecule has 1 atom stereocenters. The van der Waals surface area contributed by atoms with Gasteiger partial charge in [0.2, 0.25) is 5.91 Å². The largest absolute Gasteiger partial charge is 0.491 e. The summed E-state index contributed by atoms with van der Waals surface area (Å²) >= 11 is 0. The van der Waals surface area contributed by atoms with Gasteiger partial charge < -0.3 is 25.0 Å². The van der Waals surface area contributed by atoms with Crippen molar-refractivity contribution in [2.75, 3.05) is 40.0 Å². The molecule has 7 nitrogen and oxygen atoms in total. The molecule has 162 valence electrons. The van der Waals surface area contributed by atoms with E-state index in [1.807, 2.05) is 29.2 Å². The van der Waals surface area contributed by atoms with E-state index in [0.29, 0.717) is 45.2 Å². The number of methoxy groups -OCH3 is 1. The zero-order chi connectivity index (χ0) is 21.1. The number of hydrogen-bond acceptors (Lipinski definition) is 4. The monoisotopic (exact) mass is 405 g/mol. The lowest BCUT2D eigenvalue weighted by Gasteiger charge is -2.32. The van der Waals surface area contributed by atoms with Gasteiger partial charge in [-0.25, -0.2) is 4.79 Å². The summed E-state index contributed by atoms with van der Waals surface area (Å²) in [7, 11) is 1.64. The molecule has 1 fully saturated rings. The predicted molar refractivity (Wildman–Crippen MR) is 113 cm³/mol. The van der Waals surface area contributed by atoms with Gasteiger partial charge in [-0.3, -0.25) is 4.79 Å². The SMILES string of the molecule is COCCOc1ccc(CNC(=O)CC2CCCN(C(=O)NCC(C)C)C2)cc1. The van der Waals surface area contributed by atoms with Crippen LogP contribution in [0.5, 0.6) is 5.75 Å². The highest BCUT2D eigenvalue weighted by Crippen LogP contribution is 2.20. The van der Waals surface area contributed by atoms with Crippen molar-refractivity contribution >= 4 is 11.9 Å². The van der Waals surface area contributed by atoms with Gasteiger partial charge in [-0.2, -0.15) is 0 Å². The van der Waals surface area contributed by atoms with Crippen molar-refractivity contribution in [3.05, 3.63) is 29.8 Å². The number of urea groups is 1. The zero-order valence-corrected chi connectivity index (χ0v) is 17.9. The molecule has 1 unspecified atom stereocenters. The smallest absolute Gasteiger partial charge is 0.317 e. The summed E-state index contributed by atoms with van der Waals surface area (Å²) in [5, 5.41) is 5.95. The van der Waals surface area contributed by atoms with E-state index in [-0.39, 0.29) is 17.9 Å². The van der Waals surface area contributed by atoms with E-state index in [1.165, 1.54) is 0 Å². The molecule has 2 N–H and O–H groups in total. The number of likely N-dealkylation sites (tertiary alicyclic amines) is 1. The van der Waals surface area contributed by atoms with E-state index >= 15 is 0 Å². The Kier molecular flexibility index (Phi) is 9.77. The van der Waals surface area contributed by atoms with Crippen LogP contribution in [-0.4, -0.2) is 56.8 Å². The summed E-state index contributed by atoms with van der Waals surface area (Å²) in [6.07, 6.45) is 2.37. The molecule has 0 bridgehead atoms. The van der Waals surface area contributed by atoms with E-state index in [4.69, 9.17) is 9.47 Å². The van der Waals surface area contributed by atoms with Crippen LogP contribution in [0.4, 0.5) is 4.79 Å². The minimum absolute atomic E-state index is 0.0170. The lowest BCUT2D eigenvalue weighted by Crippen LogP contribution is -2.47. The number of nitrogens with one attached hydrogen (secondary N) is 2. The minimum Gasteiger partial charge on any atom is -0.491 e.